The summed E-state index contributed by atoms with van der Waals surface area (Å²) >= 11 is 0. The van der Waals surface area contributed by atoms with Gasteiger partial charge in [-0.1, -0.05) is 24.3 Å². The minimum absolute atomic E-state index is 0. The van der Waals surface area contributed by atoms with E-state index in [9.17, 15) is 0 Å². The van der Waals surface area contributed by atoms with Gasteiger partial charge in [0.15, 0.2) is 0 Å². The second kappa shape index (κ2) is 24.9. The molecule has 1 rings (SSSR count). The Morgan fingerprint density at radius 2 is 0.923 bits per heavy atom. The van der Waals surface area contributed by atoms with Crippen LogP contribution in [0.5, 0.6) is 0 Å². The second-order valence-corrected chi connectivity index (χ2v) is 5.34. The van der Waals surface area contributed by atoms with Crippen molar-refractivity contribution in [1.29, 1.82) is 0 Å². The molecule has 0 amide bonds. The van der Waals surface area contributed by atoms with Crippen molar-refractivity contribution in [2.45, 2.75) is 0 Å². The van der Waals surface area contributed by atoms with E-state index < -0.39 is 0 Å². The van der Waals surface area contributed by atoms with Crippen LogP contribution in [0.15, 0.2) is 34.3 Å². The van der Waals surface area contributed by atoms with Crippen molar-refractivity contribution in [1.82, 2.24) is 9.80 Å². The summed E-state index contributed by atoms with van der Waals surface area (Å²) in [7, 11) is 8.22. The van der Waals surface area contributed by atoms with E-state index in [2.05, 4.69) is 72.2 Å². The molecule has 162 valence electrons. The Morgan fingerprint density at radius 3 is 1.15 bits per heavy atom. The van der Waals surface area contributed by atoms with Crippen molar-refractivity contribution in [3.8, 4) is 0 Å². The van der Waals surface area contributed by atoms with Crippen molar-refractivity contribution in [2.75, 3.05) is 54.4 Å². The molecule has 0 aromatic heterocycles. The minimum Gasteiger partial charge on any atom is -0.358 e. The Kier molecular flexibility index (Phi) is 38.7. The van der Waals surface area contributed by atoms with Gasteiger partial charge in [-0.15, -0.1) is 0 Å². The third kappa shape index (κ3) is 21.9. The normalized spacial score (nSPS) is 9.46. The molecule has 0 N–H and O–H groups in total. The van der Waals surface area contributed by atoms with Gasteiger partial charge in [0.2, 0.25) is 0 Å². The van der Waals surface area contributed by atoms with E-state index >= 15 is 0 Å². The fraction of sp³-hybridized carbons (Fsp3) is 0.400. The maximum absolute atomic E-state index is 4.40. The van der Waals surface area contributed by atoms with Crippen molar-refractivity contribution < 1.29 is 42.1 Å². The van der Waals surface area contributed by atoms with E-state index in [1.165, 1.54) is 0 Å². The Hall–Kier alpha value is -0.143. The zero-order chi connectivity index (χ0) is 14.8. The van der Waals surface area contributed by atoms with Crippen molar-refractivity contribution in [3.63, 3.8) is 0 Å². The zero-order valence-electron chi connectivity index (χ0n) is 17.7. The number of benzene rings is 1. The third-order valence-electron chi connectivity index (χ3n) is 2.77. The van der Waals surface area contributed by atoms with Crippen LogP contribution in [0.25, 0.3) is 0 Å². The Balaban J connectivity index is -0.000000167. The van der Waals surface area contributed by atoms with Gasteiger partial charge in [-0.3, -0.25) is 9.98 Å². The van der Waals surface area contributed by atoms with Crippen LogP contribution in [0.4, 0.5) is 0 Å². The summed E-state index contributed by atoms with van der Waals surface area (Å²) in [5.74, 6) is 0. The molecule has 0 spiro atoms. The first kappa shape index (κ1) is 40.5. The van der Waals surface area contributed by atoms with Gasteiger partial charge < -0.3 is 39.5 Å². The van der Waals surface area contributed by atoms with Gasteiger partial charge in [-0.2, -0.15) is 0 Å². The van der Waals surface area contributed by atoms with Crippen molar-refractivity contribution >= 4 is 12.4 Å². The number of likely N-dealkylation sites (N-methyl/N-ethyl adjacent to an activating group) is 2. The van der Waals surface area contributed by atoms with Crippen LogP contribution < -0.4 is 0 Å². The quantitative estimate of drug-likeness (QED) is 0.304. The zero-order valence-corrected chi connectivity index (χ0v) is 22.3. The Bertz CT molecular complexity index is 389. The monoisotopic (exact) mass is 724 g/mol. The predicted octanol–water partition coefficient (Wildman–Crippen LogP) is 3.44. The first-order valence-electron chi connectivity index (χ1n) is 6.97. The number of hydrogen-bond acceptors (Lipinski definition) is 4. The summed E-state index contributed by atoms with van der Waals surface area (Å²) in [6, 6.07) is 8.30. The van der Waals surface area contributed by atoms with Gasteiger partial charge in [0.25, 0.3) is 0 Å². The fourth-order valence-electron chi connectivity index (χ4n) is 1.52. The van der Waals surface area contributed by atoms with Crippen LogP contribution in [0.2, 0.25) is 0 Å². The van der Waals surface area contributed by atoms with E-state index in [0.29, 0.717) is 0 Å². The maximum atomic E-state index is 4.40. The molecule has 0 saturated carbocycles. The molecular formula is C20H38N4Pt2-4. The van der Waals surface area contributed by atoms with Gasteiger partial charge in [0.1, 0.15) is 0 Å². The maximum Gasteiger partial charge on any atom is 0.0516 e. The van der Waals surface area contributed by atoms with E-state index in [4.69, 9.17) is 0 Å². The average molecular weight is 725 g/mol. The topological polar surface area (TPSA) is 31.2 Å². The molecule has 0 fully saturated rings. The van der Waals surface area contributed by atoms with Crippen molar-refractivity contribution in [3.05, 3.63) is 65.1 Å². The molecule has 6 heteroatoms. The minimum atomic E-state index is 0. The van der Waals surface area contributed by atoms with E-state index in [-0.39, 0.29) is 71.8 Å². The van der Waals surface area contributed by atoms with Gasteiger partial charge in [-0.05, 0) is 39.3 Å². The molecule has 0 unspecified atom stereocenters. The summed E-state index contributed by atoms with van der Waals surface area (Å²) in [5.41, 5.74) is 2.27. The first-order valence-corrected chi connectivity index (χ1v) is 6.97. The molecule has 0 saturated heterocycles. The smallest absolute Gasteiger partial charge is 0.0516 e. The SMILES string of the molecule is CN(C)CCN=Cc1ccc(C=NCCN(C)C)cc1.[CH3-].[CH3-].[CH3-].[CH3-].[Pt].[Pt]. The third-order valence-corrected chi connectivity index (χ3v) is 2.77. The number of aliphatic imine (C=N–C) groups is 2. The van der Waals surface area contributed by atoms with Gasteiger partial charge in [0.05, 0.1) is 13.1 Å². The molecule has 4 nitrogen and oxygen atoms in total. The summed E-state index contributed by atoms with van der Waals surface area (Å²) in [4.78, 5) is 13.1. The average Bonchev–Trinajstić information content (AvgIpc) is 2.41. The summed E-state index contributed by atoms with van der Waals surface area (Å²) in [6.45, 7) is 3.63. The van der Waals surface area contributed by atoms with E-state index in [0.717, 1.165) is 37.3 Å². The molecule has 0 atom stereocenters. The van der Waals surface area contributed by atoms with E-state index in [1.807, 2.05) is 12.4 Å². The number of nitrogens with zero attached hydrogens (tertiary/aromatic N) is 4. The predicted molar refractivity (Wildman–Crippen MR) is 114 cm³/mol. The summed E-state index contributed by atoms with van der Waals surface area (Å²) in [5, 5.41) is 0. The van der Waals surface area contributed by atoms with Crippen LogP contribution in [0.3, 0.4) is 0 Å². The molecule has 1 aromatic rings. The summed E-state index contributed by atoms with van der Waals surface area (Å²) in [6.07, 6.45) is 3.85. The molecule has 0 bridgehead atoms. The molecule has 0 radical (unpaired) electrons. The summed E-state index contributed by atoms with van der Waals surface area (Å²) < 4.78 is 0. The van der Waals surface area contributed by atoms with Gasteiger partial charge >= 0.3 is 0 Å². The van der Waals surface area contributed by atoms with Crippen LogP contribution in [0, 0.1) is 29.7 Å². The Labute approximate surface area is 193 Å². The van der Waals surface area contributed by atoms with Crippen LogP contribution >= 0.6 is 0 Å². The molecule has 0 heterocycles. The van der Waals surface area contributed by atoms with Gasteiger partial charge in [0, 0.05) is 67.6 Å². The molecule has 0 aliphatic heterocycles. The number of hydrogen-bond donors (Lipinski definition) is 0. The molecule has 1 aromatic carbocycles. The van der Waals surface area contributed by atoms with Gasteiger partial charge in [-0.25, -0.2) is 0 Å². The number of rotatable bonds is 8. The Morgan fingerprint density at radius 1 is 0.654 bits per heavy atom. The molecule has 0 aliphatic rings. The molecular weight excluding hydrogens is 686 g/mol. The van der Waals surface area contributed by atoms with Crippen LogP contribution in [-0.2, 0) is 42.1 Å². The van der Waals surface area contributed by atoms with Crippen LogP contribution in [-0.4, -0.2) is 76.6 Å². The van der Waals surface area contributed by atoms with E-state index in [1.54, 1.807) is 0 Å². The standard InChI is InChI=1S/C16H26N4.4CH3.2Pt/c1-19(2)11-9-17-13-15-5-7-16(8-6-15)14-18-10-12-20(3)4;;;;;;/h5-8,13-14H,9-12H2,1-4H3;4*1H3;;/q;4*-1;;. The van der Waals surface area contributed by atoms with Crippen molar-refractivity contribution in [2.24, 2.45) is 9.98 Å². The molecule has 0 aliphatic carbocycles. The second-order valence-electron chi connectivity index (χ2n) is 5.34. The largest absolute Gasteiger partial charge is 0.358 e. The fourth-order valence-corrected chi connectivity index (χ4v) is 1.52. The first-order chi connectivity index (χ1) is 9.58. The van der Waals surface area contributed by atoms with Crippen LogP contribution in [0.1, 0.15) is 11.1 Å². The molecule has 26 heavy (non-hydrogen) atoms.